The first-order chi connectivity index (χ1) is 16.7. The van der Waals surface area contributed by atoms with Crippen LogP contribution in [-0.2, 0) is 32.0 Å². The first-order valence-electron chi connectivity index (χ1n) is 11.6. The number of carboxylic acids is 1. The van der Waals surface area contributed by atoms with Gasteiger partial charge in [-0.25, -0.2) is 14.8 Å². The summed E-state index contributed by atoms with van der Waals surface area (Å²) >= 11 is 0. The lowest BCUT2D eigenvalue weighted by molar-refractivity contribution is -0.142. The van der Waals surface area contributed by atoms with E-state index in [0.717, 1.165) is 13.0 Å². The summed E-state index contributed by atoms with van der Waals surface area (Å²) in [7, 11) is 0. The van der Waals surface area contributed by atoms with Gasteiger partial charge < -0.3 is 36.3 Å². The minimum atomic E-state index is -1.24. The Labute approximate surface area is 202 Å². The number of aromatic nitrogens is 4. The lowest BCUT2D eigenvalue weighted by Gasteiger charge is -2.27. The molecule has 7 N–H and O–H groups in total. The minimum absolute atomic E-state index is 0.00907. The Morgan fingerprint density at radius 1 is 0.971 bits per heavy atom. The molecule has 1 fully saturated rings. The van der Waals surface area contributed by atoms with Crippen molar-refractivity contribution < 1.29 is 24.3 Å². The van der Waals surface area contributed by atoms with E-state index in [-0.39, 0.29) is 30.7 Å². The van der Waals surface area contributed by atoms with Crippen LogP contribution in [0.15, 0.2) is 25.0 Å². The van der Waals surface area contributed by atoms with E-state index in [0.29, 0.717) is 17.8 Å². The highest BCUT2D eigenvalue weighted by molar-refractivity contribution is 5.94. The molecule has 13 nitrogen and oxygen atoms in total. The Bertz CT molecular complexity index is 986. The molecular weight excluding hydrogens is 456 g/mol. The molecule has 0 aliphatic carbocycles. The Hall–Kier alpha value is -3.74. The number of hydrogen-bond donors (Lipinski definition) is 7. The molecule has 3 rings (SSSR count). The van der Waals surface area contributed by atoms with Gasteiger partial charge in [0, 0.05) is 36.6 Å². The molecule has 3 heterocycles. The zero-order chi connectivity index (χ0) is 25.4. The van der Waals surface area contributed by atoms with E-state index in [9.17, 15) is 24.3 Å². The van der Waals surface area contributed by atoms with Crippen molar-refractivity contribution in [1.82, 2.24) is 41.2 Å². The van der Waals surface area contributed by atoms with Gasteiger partial charge in [-0.05, 0) is 25.3 Å². The van der Waals surface area contributed by atoms with E-state index in [4.69, 9.17) is 0 Å². The molecule has 2 aromatic rings. The number of hydrogen-bond acceptors (Lipinski definition) is 7. The van der Waals surface area contributed by atoms with E-state index in [1.54, 1.807) is 13.8 Å². The molecule has 190 valence electrons. The third kappa shape index (κ3) is 7.37. The quantitative estimate of drug-likeness (QED) is 0.195. The molecule has 1 aliphatic heterocycles. The van der Waals surface area contributed by atoms with Gasteiger partial charge in [-0.2, -0.15) is 0 Å². The predicted molar refractivity (Wildman–Crippen MR) is 124 cm³/mol. The largest absolute Gasteiger partial charge is 0.480 e. The fourth-order valence-electron chi connectivity index (χ4n) is 3.87. The number of rotatable bonds is 12. The summed E-state index contributed by atoms with van der Waals surface area (Å²) in [6, 6.07) is -3.57. The van der Waals surface area contributed by atoms with E-state index >= 15 is 0 Å². The number of imidazole rings is 2. The van der Waals surface area contributed by atoms with Gasteiger partial charge in [-0.15, -0.1) is 0 Å². The third-order valence-corrected chi connectivity index (χ3v) is 5.83. The number of H-pyrrole nitrogens is 2. The van der Waals surface area contributed by atoms with Gasteiger partial charge in [0.25, 0.3) is 0 Å². The average Bonchev–Trinajstić information content (AvgIpc) is 3.59. The summed E-state index contributed by atoms with van der Waals surface area (Å²) in [5.41, 5.74) is 1.11. The van der Waals surface area contributed by atoms with Crippen LogP contribution in [0.4, 0.5) is 0 Å². The summed E-state index contributed by atoms with van der Waals surface area (Å²) in [5, 5.41) is 20.7. The predicted octanol–water partition coefficient (Wildman–Crippen LogP) is -1.13. The van der Waals surface area contributed by atoms with Crippen LogP contribution < -0.4 is 21.3 Å². The molecule has 4 unspecified atom stereocenters. The molecule has 1 aliphatic rings. The molecule has 4 atom stereocenters. The second-order valence-corrected chi connectivity index (χ2v) is 8.90. The molecule has 1 saturated heterocycles. The molecule has 3 amide bonds. The second kappa shape index (κ2) is 12.1. The Morgan fingerprint density at radius 2 is 1.57 bits per heavy atom. The number of nitrogens with zero attached hydrogens (tertiary/aromatic N) is 2. The van der Waals surface area contributed by atoms with E-state index in [2.05, 4.69) is 41.2 Å². The van der Waals surface area contributed by atoms with Gasteiger partial charge in [0.2, 0.25) is 17.7 Å². The maximum absolute atomic E-state index is 13.2. The minimum Gasteiger partial charge on any atom is -0.480 e. The lowest BCUT2D eigenvalue weighted by atomic mass is 10.0. The summed E-state index contributed by atoms with van der Waals surface area (Å²) < 4.78 is 0. The lowest BCUT2D eigenvalue weighted by Crippen LogP contribution is -2.59. The monoisotopic (exact) mass is 488 g/mol. The summed E-state index contributed by atoms with van der Waals surface area (Å²) in [5.74, 6) is -2.95. The van der Waals surface area contributed by atoms with Crippen molar-refractivity contribution >= 4 is 23.7 Å². The number of nitrogens with one attached hydrogen (secondary N) is 6. The van der Waals surface area contributed by atoms with Crippen LogP contribution >= 0.6 is 0 Å². The number of carboxylic acid groups (broad SMARTS) is 1. The highest BCUT2D eigenvalue weighted by Crippen LogP contribution is 2.09. The summed E-state index contributed by atoms with van der Waals surface area (Å²) in [4.78, 5) is 64.1. The van der Waals surface area contributed by atoms with Gasteiger partial charge in [-0.1, -0.05) is 13.8 Å². The topological polar surface area (TPSA) is 194 Å². The number of carbonyl (C=O) groups excluding carboxylic acids is 3. The Morgan fingerprint density at radius 3 is 2.06 bits per heavy atom. The zero-order valence-corrected chi connectivity index (χ0v) is 19.7. The van der Waals surface area contributed by atoms with Crippen LogP contribution in [0.5, 0.6) is 0 Å². The fraction of sp³-hybridized carbons (Fsp3) is 0.545. The van der Waals surface area contributed by atoms with E-state index in [1.807, 2.05) is 0 Å². The molecular formula is C22H32N8O5. The highest BCUT2D eigenvalue weighted by atomic mass is 16.4. The van der Waals surface area contributed by atoms with Crippen molar-refractivity contribution in [2.24, 2.45) is 5.92 Å². The zero-order valence-electron chi connectivity index (χ0n) is 19.7. The molecule has 2 aromatic heterocycles. The van der Waals surface area contributed by atoms with Gasteiger partial charge in [-0.3, -0.25) is 14.4 Å². The molecule has 0 saturated carbocycles. The number of aliphatic carboxylic acids is 1. The van der Waals surface area contributed by atoms with Gasteiger partial charge >= 0.3 is 5.97 Å². The second-order valence-electron chi connectivity index (χ2n) is 8.90. The fourth-order valence-corrected chi connectivity index (χ4v) is 3.87. The van der Waals surface area contributed by atoms with Crippen LogP contribution in [0.2, 0.25) is 0 Å². The molecule has 13 heteroatoms. The SMILES string of the molecule is CC(C)C(NC(=O)C1CCCN1)C(=O)NC(Cc1cnc[nH]1)C(=O)NC(Cc1cnc[nH]1)C(=O)O. The van der Waals surface area contributed by atoms with Crippen molar-refractivity contribution in [2.45, 2.75) is 63.7 Å². The van der Waals surface area contributed by atoms with Crippen LogP contribution in [0.1, 0.15) is 38.1 Å². The van der Waals surface area contributed by atoms with E-state index < -0.39 is 35.9 Å². The summed E-state index contributed by atoms with van der Waals surface area (Å²) in [6.45, 7) is 4.33. The molecule has 0 radical (unpaired) electrons. The average molecular weight is 489 g/mol. The van der Waals surface area contributed by atoms with Crippen LogP contribution in [-0.4, -0.2) is 79.4 Å². The first kappa shape index (κ1) is 25.9. The van der Waals surface area contributed by atoms with Crippen molar-refractivity contribution in [2.75, 3.05) is 6.54 Å². The maximum atomic E-state index is 13.2. The number of carbonyl (C=O) groups is 4. The van der Waals surface area contributed by atoms with Gasteiger partial charge in [0.1, 0.15) is 18.1 Å². The first-order valence-corrected chi connectivity index (χ1v) is 11.6. The van der Waals surface area contributed by atoms with Crippen molar-refractivity contribution in [3.05, 3.63) is 36.4 Å². The third-order valence-electron chi connectivity index (χ3n) is 5.83. The smallest absolute Gasteiger partial charge is 0.326 e. The molecule has 0 bridgehead atoms. The molecule has 0 spiro atoms. The van der Waals surface area contributed by atoms with Gasteiger partial charge in [0.15, 0.2) is 0 Å². The normalized spacial score (nSPS) is 18.0. The van der Waals surface area contributed by atoms with Crippen molar-refractivity contribution in [1.29, 1.82) is 0 Å². The number of amides is 3. The Kier molecular flexibility index (Phi) is 8.95. The van der Waals surface area contributed by atoms with Crippen LogP contribution in [0.3, 0.4) is 0 Å². The van der Waals surface area contributed by atoms with Gasteiger partial charge in [0.05, 0.1) is 18.7 Å². The highest BCUT2D eigenvalue weighted by Gasteiger charge is 2.33. The van der Waals surface area contributed by atoms with Crippen LogP contribution in [0.25, 0.3) is 0 Å². The number of aromatic amines is 2. The summed E-state index contributed by atoms with van der Waals surface area (Å²) in [6.07, 6.45) is 7.46. The van der Waals surface area contributed by atoms with Crippen LogP contribution in [0, 0.1) is 5.92 Å². The van der Waals surface area contributed by atoms with Crippen molar-refractivity contribution in [3.8, 4) is 0 Å². The van der Waals surface area contributed by atoms with E-state index in [1.165, 1.54) is 25.0 Å². The molecule has 0 aromatic carbocycles. The maximum Gasteiger partial charge on any atom is 0.326 e. The standard InChI is InChI=1S/C22H32N8O5/c1-12(2)18(30-19(31)15-4-3-5-25-15)21(33)28-16(6-13-8-23-10-26-13)20(32)29-17(22(34)35)7-14-9-24-11-27-14/h8-12,15-18,25H,3-7H2,1-2H3,(H,23,26)(H,24,27)(H,28,33)(H,29,32)(H,30,31)(H,34,35). The molecule has 35 heavy (non-hydrogen) atoms. The van der Waals surface area contributed by atoms with Crippen molar-refractivity contribution in [3.63, 3.8) is 0 Å². The Balaban J connectivity index is 1.71.